The molecule has 1 heterocycles. The molecule has 3 aliphatic rings. The summed E-state index contributed by atoms with van der Waals surface area (Å²) in [6, 6.07) is 3.70. The van der Waals surface area contributed by atoms with Crippen molar-refractivity contribution in [2.45, 2.75) is 51.0 Å². The first-order chi connectivity index (χ1) is 15.4. The van der Waals surface area contributed by atoms with E-state index in [0.717, 1.165) is 63.1 Å². The van der Waals surface area contributed by atoms with Crippen LogP contribution in [0, 0.1) is 10.8 Å². The predicted octanol–water partition coefficient (Wildman–Crippen LogP) is 4.40. The Bertz CT molecular complexity index is 902. The van der Waals surface area contributed by atoms with Crippen molar-refractivity contribution >= 4 is 41.5 Å². The zero-order chi connectivity index (χ0) is 23.3. The first kappa shape index (κ1) is 24.9. The van der Waals surface area contributed by atoms with Crippen molar-refractivity contribution in [1.82, 2.24) is 4.90 Å². The highest BCUT2D eigenvalue weighted by atomic mass is 35.5. The summed E-state index contributed by atoms with van der Waals surface area (Å²) in [5.74, 6) is 0.957. The van der Waals surface area contributed by atoms with E-state index >= 15 is 0 Å². The number of allylic oxidation sites excluding steroid dienone is 2. The Morgan fingerprint density at radius 3 is 2.69 bits per heavy atom. The number of hydrogen-bond acceptors (Lipinski definition) is 6. The molecular weight excluding hydrogens is 449 g/mol. The van der Waals surface area contributed by atoms with Gasteiger partial charge in [0.1, 0.15) is 5.75 Å². The van der Waals surface area contributed by atoms with Gasteiger partial charge in [0, 0.05) is 42.3 Å². The molecule has 0 amide bonds. The molecule has 174 valence electrons. The third-order valence-electron chi connectivity index (χ3n) is 6.57. The lowest BCUT2D eigenvalue weighted by Gasteiger charge is -2.58. The number of aldehydes is 1. The van der Waals surface area contributed by atoms with Crippen LogP contribution in [0.25, 0.3) is 0 Å². The topological polar surface area (TPSA) is 96.5 Å². The highest BCUT2D eigenvalue weighted by molar-refractivity contribution is 6.40. The van der Waals surface area contributed by atoms with Gasteiger partial charge in [-0.05, 0) is 69.8 Å². The summed E-state index contributed by atoms with van der Waals surface area (Å²) >= 11 is 12.1. The molecule has 1 spiro atoms. The Hall–Kier alpha value is -1.73. The molecule has 1 aromatic carbocycles. The molecule has 6 nitrogen and oxygen atoms in total. The van der Waals surface area contributed by atoms with Gasteiger partial charge in [0.2, 0.25) is 0 Å². The molecule has 0 aromatic heterocycles. The second-order valence-electron chi connectivity index (χ2n) is 8.77. The molecule has 32 heavy (non-hydrogen) atoms. The van der Waals surface area contributed by atoms with E-state index in [-0.39, 0.29) is 16.9 Å². The van der Waals surface area contributed by atoms with Crippen molar-refractivity contribution in [3.8, 4) is 5.75 Å². The first-order valence-corrected chi connectivity index (χ1v) is 11.9. The molecule has 1 saturated carbocycles. The number of halogens is 2. The number of carbonyl (C=O) groups excluding carboxylic acids is 2. The van der Waals surface area contributed by atoms with Gasteiger partial charge < -0.3 is 20.8 Å². The van der Waals surface area contributed by atoms with Gasteiger partial charge in [0.15, 0.2) is 12.1 Å². The number of nitrogens with two attached hydrogens (primary N) is 1. The van der Waals surface area contributed by atoms with E-state index in [4.69, 9.17) is 33.3 Å². The molecule has 0 unspecified atom stereocenters. The van der Waals surface area contributed by atoms with Crippen LogP contribution in [0.15, 0.2) is 22.7 Å². The maximum absolute atomic E-state index is 12.2. The quantitative estimate of drug-likeness (QED) is 0.327. The lowest BCUT2D eigenvalue weighted by Crippen LogP contribution is -2.64. The summed E-state index contributed by atoms with van der Waals surface area (Å²) in [6.07, 6.45) is 7.86. The van der Waals surface area contributed by atoms with Crippen LogP contribution in [0.1, 0.15) is 54.4 Å². The minimum absolute atomic E-state index is 0.127. The number of fused-ring (bicyclic) bond motifs is 1. The van der Waals surface area contributed by atoms with Crippen molar-refractivity contribution in [3.63, 3.8) is 0 Å². The van der Waals surface area contributed by atoms with E-state index in [1.54, 1.807) is 6.07 Å². The van der Waals surface area contributed by atoms with Gasteiger partial charge in [-0.25, -0.2) is 0 Å². The third-order valence-corrected chi connectivity index (χ3v) is 7.21. The van der Waals surface area contributed by atoms with Gasteiger partial charge >= 0.3 is 0 Å². The Morgan fingerprint density at radius 1 is 1.31 bits per heavy atom. The van der Waals surface area contributed by atoms with E-state index in [1.165, 1.54) is 13.3 Å². The lowest BCUT2D eigenvalue weighted by atomic mass is 9.61. The Morgan fingerprint density at radius 2 is 2.03 bits per heavy atom. The number of Topliss-reactive ketones (excluding diaryl/α,β-unsaturated/α-hetero) is 1. The minimum Gasteiger partial charge on any atom is -0.490 e. The highest BCUT2D eigenvalue weighted by Gasteiger charge is 2.53. The van der Waals surface area contributed by atoms with Crippen molar-refractivity contribution < 1.29 is 14.3 Å². The van der Waals surface area contributed by atoms with Crippen LogP contribution in [0.3, 0.4) is 0 Å². The number of nitrogens with one attached hydrogen (secondary N) is 1. The van der Waals surface area contributed by atoms with Gasteiger partial charge in [0.05, 0.1) is 16.2 Å². The summed E-state index contributed by atoms with van der Waals surface area (Å²) in [5, 5.41) is 8.03. The molecule has 0 bridgehead atoms. The molecule has 0 radical (unpaired) electrons. The number of nitrogens with zero attached hydrogens (tertiary/aromatic N) is 1. The van der Waals surface area contributed by atoms with Crippen LogP contribution in [0.2, 0.25) is 5.02 Å². The van der Waals surface area contributed by atoms with Crippen LogP contribution in [-0.4, -0.2) is 56.0 Å². The van der Waals surface area contributed by atoms with Crippen LogP contribution >= 0.6 is 23.2 Å². The molecule has 1 aromatic rings. The Labute approximate surface area is 199 Å². The van der Waals surface area contributed by atoms with Crippen LogP contribution in [-0.2, 0) is 11.2 Å². The average Bonchev–Trinajstić information content (AvgIpc) is 2.75. The number of rotatable bonds is 8. The number of ether oxygens (including phenoxy) is 1. The number of carbonyl (C=O) groups is 2. The molecule has 2 fully saturated rings. The average molecular weight is 480 g/mol. The second kappa shape index (κ2) is 10.9. The summed E-state index contributed by atoms with van der Waals surface area (Å²) in [4.78, 5) is 25.4. The van der Waals surface area contributed by atoms with E-state index in [0.29, 0.717) is 40.7 Å². The molecule has 4 rings (SSSR count). The van der Waals surface area contributed by atoms with Crippen LogP contribution < -0.4 is 10.5 Å². The zero-order valence-electron chi connectivity index (χ0n) is 18.5. The molecule has 8 heteroatoms. The maximum atomic E-state index is 12.2. The van der Waals surface area contributed by atoms with Gasteiger partial charge in [0.25, 0.3) is 0 Å². The number of ketones is 1. The van der Waals surface area contributed by atoms with Gasteiger partial charge in [-0.2, -0.15) is 0 Å². The summed E-state index contributed by atoms with van der Waals surface area (Å²) in [6.45, 7) is 3.07. The Kier molecular flexibility index (Phi) is 8.50. The standard InChI is InChI=1S/C23H26Cl2N2O3.CH5N/c24-18-6-7-21(17-4-1-5-20(29)22(17)18)30-16-9-23(10-16)13-27(14-23)8-2-3-15(11-26)19(25)12-28;1-2/h6-7,11-12,16,26H,1-5,8-10,13-14H2;2H2,1H3/b19-15+,26-11?;. The number of benzene rings is 1. The fourth-order valence-corrected chi connectivity index (χ4v) is 5.56. The van der Waals surface area contributed by atoms with Gasteiger partial charge in [-0.3, -0.25) is 9.59 Å². The normalized spacial score (nSPS) is 20.2. The largest absolute Gasteiger partial charge is 0.490 e. The van der Waals surface area contributed by atoms with E-state index in [1.807, 2.05) is 6.07 Å². The summed E-state index contributed by atoms with van der Waals surface area (Å²) in [7, 11) is 1.50. The summed E-state index contributed by atoms with van der Waals surface area (Å²) in [5.41, 5.74) is 7.10. The molecule has 2 aliphatic carbocycles. The monoisotopic (exact) mass is 479 g/mol. The van der Waals surface area contributed by atoms with E-state index < -0.39 is 0 Å². The van der Waals surface area contributed by atoms with Gasteiger partial charge in [-0.1, -0.05) is 23.2 Å². The van der Waals surface area contributed by atoms with Crippen molar-refractivity contribution in [2.24, 2.45) is 11.1 Å². The highest BCUT2D eigenvalue weighted by Crippen LogP contribution is 2.50. The SMILES string of the molecule is CN.N=C/C(CCCN1CC2(CC(Oc3ccc(Cl)c4c3CCCC4=O)C2)C1)=C(/Cl)C=O. The predicted molar refractivity (Wildman–Crippen MR) is 128 cm³/mol. The van der Waals surface area contributed by atoms with Crippen molar-refractivity contribution in [1.29, 1.82) is 5.41 Å². The lowest BCUT2D eigenvalue weighted by molar-refractivity contribution is -0.119. The number of likely N-dealkylation sites (tertiary alicyclic amines) is 1. The molecule has 0 atom stereocenters. The van der Waals surface area contributed by atoms with Crippen molar-refractivity contribution in [2.75, 3.05) is 26.7 Å². The Balaban J connectivity index is 0.00000141. The molecule has 1 aliphatic heterocycles. The fraction of sp³-hybridized carbons (Fsp3) is 0.542. The van der Waals surface area contributed by atoms with Crippen molar-refractivity contribution in [3.05, 3.63) is 38.9 Å². The molecule has 1 saturated heterocycles. The van der Waals surface area contributed by atoms with Crippen LogP contribution in [0.4, 0.5) is 0 Å². The summed E-state index contributed by atoms with van der Waals surface area (Å²) < 4.78 is 6.28. The zero-order valence-corrected chi connectivity index (χ0v) is 20.0. The van der Waals surface area contributed by atoms with E-state index in [9.17, 15) is 9.59 Å². The molecular formula is C24H31Cl2N3O3. The van der Waals surface area contributed by atoms with Gasteiger partial charge in [-0.15, -0.1) is 0 Å². The first-order valence-electron chi connectivity index (χ1n) is 11.1. The maximum Gasteiger partial charge on any atom is 0.164 e. The third kappa shape index (κ3) is 5.25. The van der Waals surface area contributed by atoms with E-state index in [2.05, 4.69) is 10.6 Å². The second-order valence-corrected chi connectivity index (χ2v) is 9.59. The minimum atomic E-state index is 0.127. The smallest absolute Gasteiger partial charge is 0.164 e. The molecule has 3 N–H and O–H groups in total. The number of hydrogen-bond donors (Lipinski definition) is 2. The fourth-order valence-electron chi connectivity index (χ4n) is 5.13. The van der Waals surface area contributed by atoms with Crippen LogP contribution in [0.5, 0.6) is 5.75 Å².